The number of halogens is 1. The molecular weight excluding hydrogens is 318 g/mol. The quantitative estimate of drug-likeness (QED) is 0.857. The molecular formula is C13H16ClNO3S2. The van der Waals surface area contributed by atoms with E-state index in [1.165, 1.54) is 11.8 Å². The monoisotopic (exact) mass is 333 g/mol. The van der Waals surface area contributed by atoms with Crippen LogP contribution in [0, 0.1) is 0 Å². The molecule has 1 aliphatic rings. The molecule has 0 aliphatic carbocycles. The van der Waals surface area contributed by atoms with Gasteiger partial charge < -0.3 is 5.32 Å². The molecule has 0 unspecified atom stereocenters. The van der Waals surface area contributed by atoms with Crippen molar-refractivity contribution >= 4 is 39.1 Å². The zero-order valence-corrected chi connectivity index (χ0v) is 13.4. The van der Waals surface area contributed by atoms with Gasteiger partial charge in [-0.1, -0.05) is 11.6 Å². The van der Waals surface area contributed by atoms with Gasteiger partial charge in [-0.05, 0) is 37.6 Å². The lowest BCUT2D eigenvalue weighted by molar-refractivity contribution is -0.120. The van der Waals surface area contributed by atoms with Crippen molar-refractivity contribution in [1.29, 1.82) is 0 Å². The van der Waals surface area contributed by atoms with Gasteiger partial charge in [-0.2, -0.15) is 0 Å². The Bertz CT molecular complexity index is 586. The van der Waals surface area contributed by atoms with Crippen molar-refractivity contribution in [2.24, 2.45) is 0 Å². The molecule has 2 rings (SSSR count). The maximum atomic E-state index is 12.0. The minimum Gasteiger partial charge on any atom is -0.351 e. The minimum atomic E-state index is -2.97. The predicted molar refractivity (Wildman–Crippen MR) is 82.0 cm³/mol. The second-order valence-electron chi connectivity index (χ2n) is 4.82. The normalized spacial score (nSPS) is 22.4. The number of sulfone groups is 1. The molecule has 0 spiro atoms. The van der Waals surface area contributed by atoms with Crippen molar-refractivity contribution in [3.63, 3.8) is 0 Å². The summed E-state index contributed by atoms with van der Waals surface area (Å²) in [6.45, 7) is 1.80. The summed E-state index contributed by atoms with van der Waals surface area (Å²) >= 11 is 7.23. The van der Waals surface area contributed by atoms with E-state index in [0.717, 1.165) is 4.90 Å². The molecule has 1 aromatic carbocycles. The number of hydrogen-bond donors (Lipinski definition) is 1. The van der Waals surface area contributed by atoms with Gasteiger partial charge in [0.05, 0.1) is 16.8 Å². The maximum absolute atomic E-state index is 12.0. The van der Waals surface area contributed by atoms with Gasteiger partial charge in [0, 0.05) is 16.0 Å². The third-order valence-electron chi connectivity index (χ3n) is 3.07. The van der Waals surface area contributed by atoms with Crippen LogP contribution in [0.4, 0.5) is 0 Å². The lowest BCUT2D eigenvalue weighted by atomic mass is 10.2. The van der Waals surface area contributed by atoms with Crippen LogP contribution in [0.3, 0.4) is 0 Å². The summed E-state index contributed by atoms with van der Waals surface area (Å²) in [7, 11) is -2.97. The first-order valence-electron chi connectivity index (χ1n) is 6.29. The smallest absolute Gasteiger partial charge is 0.233 e. The standard InChI is InChI=1S/C13H16ClNO3S2/c1-9(19-12-4-2-10(14)3-5-12)13(16)15-11-6-7-20(17,18)8-11/h2-5,9,11H,6-8H2,1H3,(H,15,16)/t9-,11+/m1/s1. The number of rotatable bonds is 4. The number of carbonyl (C=O) groups is 1. The third kappa shape index (κ3) is 4.40. The van der Waals surface area contributed by atoms with E-state index in [1.807, 2.05) is 12.1 Å². The van der Waals surface area contributed by atoms with Crippen LogP contribution in [0.15, 0.2) is 29.2 Å². The van der Waals surface area contributed by atoms with E-state index in [9.17, 15) is 13.2 Å². The van der Waals surface area contributed by atoms with Crippen LogP contribution in [0.25, 0.3) is 0 Å². The summed E-state index contributed by atoms with van der Waals surface area (Å²) < 4.78 is 22.7. The molecule has 20 heavy (non-hydrogen) atoms. The van der Waals surface area contributed by atoms with Gasteiger partial charge in [0.1, 0.15) is 0 Å². The third-order valence-corrected chi connectivity index (χ3v) is 6.21. The molecule has 7 heteroatoms. The average molecular weight is 334 g/mol. The fourth-order valence-electron chi connectivity index (χ4n) is 2.00. The first-order chi connectivity index (χ1) is 9.35. The fraction of sp³-hybridized carbons (Fsp3) is 0.462. The Morgan fingerprint density at radius 2 is 2.05 bits per heavy atom. The number of nitrogens with one attached hydrogen (secondary N) is 1. The molecule has 1 fully saturated rings. The van der Waals surface area contributed by atoms with Gasteiger partial charge >= 0.3 is 0 Å². The lowest BCUT2D eigenvalue weighted by Gasteiger charge is -2.15. The van der Waals surface area contributed by atoms with Gasteiger partial charge in [0.25, 0.3) is 0 Å². The summed E-state index contributed by atoms with van der Waals surface area (Å²) in [5.41, 5.74) is 0. The summed E-state index contributed by atoms with van der Waals surface area (Å²) in [5.74, 6) is 0.0836. The van der Waals surface area contributed by atoms with Crippen LogP contribution < -0.4 is 5.32 Å². The summed E-state index contributed by atoms with van der Waals surface area (Å²) in [4.78, 5) is 13.0. The van der Waals surface area contributed by atoms with E-state index in [4.69, 9.17) is 11.6 Å². The molecule has 1 saturated heterocycles. The fourth-order valence-corrected chi connectivity index (χ4v) is 4.67. The second kappa shape index (κ2) is 6.37. The highest BCUT2D eigenvalue weighted by molar-refractivity contribution is 8.00. The number of amides is 1. The number of thioether (sulfide) groups is 1. The number of carbonyl (C=O) groups excluding carboxylic acids is 1. The second-order valence-corrected chi connectivity index (χ2v) is 8.90. The van der Waals surface area contributed by atoms with Crippen molar-refractivity contribution in [3.05, 3.63) is 29.3 Å². The Labute approximate surface area is 128 Å². The van der Waals surface area contributed by atoms with Gasteiger partial charge in [0.2, 0.25) is 5.91 Å². The summed E-state index contributed by atoms with van der Waals surface area (Å²) in [5, 5.41) is 3.18. The van der Waals surface area contributed by atoms with Crippen molar-refractivity contribution < 1.29 is 13.2 Å². The maximum Gasteiger partial charge on any atom is 0.233 e. The molecule has 1 heterocycles. The molecule has 2 atom stereocenters. The number of hydrogen-bond acceptors (Lipinski definition) is 4. The molecule has 0 bridgehead atoms. The van der Waals surface area contributed by atoms with Crippen LogP contribution >= 0.6 is 23.4 Å². The van der Waals surface area contributed by atoms with Crippen molar-refractivity contribution in [1.82, 2.24) is 5.32 Å². The van der Waals surface area contributed by atoms with Crippen molar-refractivity contribution in [2.45, 2.75) is 29.5 Å². The van der Waals surface area contributed by atoms with E-state index in [0.29, 0.717) is 11.4 Å². The summed E-state index contributed by atoms with van der Waals surface area (Å²) in [6.07, 6.45) is 0.506. The molecule has 1 amide bonds. The lowest BCUT2D eigenvalue weighted by Crippen LogP contribution is -2.39. The molecule has 0 aromatic heterocycles. The van der Waals surface area contributed by atoms with E-state index in [-0.39, 0.29) is 28.7 Å². The Morgan fingerprint density at radius 1 is 1.40 bits per heavy atom. The van der Waals surface area contributed by atoms with E-state index < -0.39 is 9.84 Å². The average Bonchev–Trinajstić information content (AvgIpc) is 2.71. The van der Waals surface area contributed by atoms with E-state index >= 15 is 0 Å². The molecule has 1 aromatic rings. The first-order valence-corrected chi connectivity index (χ1v) is 9.37. The number of benzene rings is 1. The van der Waals surface area contributed by atoms with Gasteiger partial charge in [-0.15, -0.1) is 11.8 Å². The van der Waals surface area contributed by atoms with Crippen LogP contribution in [0.2, 0.25) is 5.02 Å². The van der Waals surface area contributed by atoms with Crippen LogP contribution in [0.5, 0.6) is 0 Å². The van der Waals surface area contributed by atoms with Crippen LogP contribution in [0.1, 0.15) is 13.3 Å². The Kier molecular flexibility index (Phi) is 4.99. The Morgan fingerprint density at radius 3 is 2.60 bits per heavy atom. The Hall–Kier alpha value is -0.720. The van der Waals surface area contributed by atoms with Crippen LogP contribution in [-0.4, -0.2) is 37.1 Å². The topological polar surface area (TPSA) is 63.2 Å². The molecule has 110 valence electrons. The van der Waals surface area contributed by atoms with E-state index in [1.54, 1.807) is 19.1 Å². The Balaban J connectivity index is 1.88. The SMILES string of the molecule is C[C@@H](Sc1ccc(Cl)cc1)C(=O)N[C@H]1CCS(=O)(=O)C1. The molecule has 0 radical (unpaired) electrons. The highest BCUT2D eigenvalue weighted by Gasteiger charge is 2.30. The molecule has 1 N–H and O–H groups in total. The zero-order valence-electron chi connectivity index (χ0n) is 11.0. The van der Waals surface area contributed by atoms with Crippen molar-refractivity contribution in [3.8, 4) is 0 Å². The largest absolute Gasteiger partial charge is 0.351 e. The zero-order chi connectivity index (χ0) is 14.8. The van der Waals surface area contributed by atoms with Crippen LogP contribution in [-0.2, 0) is 14.6 Å². The minimum absolute atomic E-state index is 0.0527. The molecule has 0 saturated carbocycles. The summed E-state index contributed by atoms with van der Waals surface area (Å²) in [6, 6.07) is 7.02. The van der Waals surface area contributed by atoms with Crippen molar-refractivity contribution in [2.75, 3.05) is 11.5 Å². The van der Waals surface area contributed by atoms with Gasteiger partial charge in [0.15, 0.2) is 9.84 Å². The first kappa shape index (κ1) is 15.7. The highest BCUT2D eigenvalue weighted by Crippen LogP contribution is 2.25. The van der Waals surface area contributed by atoms with E-state index in [2.05, 4.69) is 5.32 Å². The molecule has 4 nitrogen and oxygen atoms in total. The van der Waals surface area contributed by atoms with Gasteiger partial charge in [-0.3, -0.25) is 4.79 Å². The predicted octanol–water partition coefficient (Wildman–Crippen LogP) is 2.12. The molecule has 1 aliphatic heterocycles. The van der Waals surface area contributed by atoms with Gasteiger partial charge in [-0.25, -0.2) is 8.42 Å². The highest BCUT2D eigenvalue weighted by atomic mass is 35.5.